The summed E-state index contributed by atoms with van der Waals surface area (Å²) in [5.41, 5.74) is 2.17. The van der Waals surface area contributed by atoms with Crippen molar-refractivity contribution in [2.24, 2.45) is 0 Å². The van der Waals surface area contributed by atoms with E-state index in [9.17, 15) is 9.59 Å². The molecule has 6 heteroatoms. The largest absolute Gasteiger partial charge is 0.494 e. The molecule has 0 saturated carbocycles. The molecular weight excluding hydrogens is 378 g/mol. The lowest BCUT2D eigenvalue weighted by molar-refractivity contribution is -0.114. The first-order valence-electron chi connectivity index (χ1n) is 10.8. The van der Waals surface area contributed by atoms with Crippen LogP contribution in [0.2, 0.25) is 0 Å². The number of carbonyl (C=O) groups is 2. The second kappa shape index (κ2) is 11.2. The number of nitrogens with zero attached hydrogens (tertiary/aromatic N) is 1. The Bertz CT molecular complexity index is 828. The van der Waals surface area contributed by atoms with Gasteiger partial charge in [-0.05, 0) is 55.7 Å². The molecule has 1 aliphatic rings. The standard InChI is InChI=1S/C24H31N3O3/c1-2-16-30-22-9-7-8-21(17-22)25-18-23(28)26-20-12-10-19(11-13-20)24(29)27-14-5-3-4-6-15-27/h7-13,17,25H,2-6,14-16,18H2,1H3,(H,26,28). The monoisotopic (exact) mass is 409 g/mol. The van der Waals surface area contributed by atoms with Gasteiger partial charge < -0.3 is 20.3 Å². The maximum atomic E-state index is 12.7. The third-order valence-electron chi connectivity index (χ3n) is 5.07. The van der Waals surface area contributed by atoms with Gasteiger partial charge in [-0.15, -0.1) is 0 Å². The molecule has 0 aliphatic carbocycles. The van der Waals surface area contributed by atoms with Gasteiger partial charge in [0.25, 0.3) is 5.91 Å². The zero-order valence-electron chi connectivity index (χ0n) is 17.7. The van der Waals surface area contributed by atoms with Crippen LogP contribution in [0.1, 0.15) is 49.4 Å². The van der Waals surface area contributed by atoms with Gasteiger partial charge in [-0.1, -0.05) is 25.8 Å². The van der Waals surface area contributed by atoms with Gasteiger partial charge in [-0.25, -0.2) is 0 Å². The van der Waals surface area contributed by atoms with E-state index < -0.39 is 0 Å². The Labute approximate surface area is 178 Å². The average Bonchev–Trinajstić information content (AvgIpc) is 3.06. The van der Waals surface area contributed by atoms with E-state index in [2.05, 4.69) is 17.6 Å². The number of rotatable bonds is 8. The van der Waals surface area contributed by atoms with Crippen LogP contribution in [0.5, 0.6) is 5.75 Å². The minimum Gasteiger partial charge on any atom is -0.494 e. The predicted octanol–water partition coefficient (Wildman–Crippen LogP) is 4.54. The molecule has 0 unspecified atom stereocenters. The van der Waals surface area contributed by atoms with Crippen molar-refractivity contribution >= 4 is 23.2 Å². The van der Waals surface area contributed by atoms with Gasteiger partial charge in [0, 0.05) is 36.1 Å². The molecule has 2 N–H and O–H groups in total. The lowest BCUT2D eigenvalue weighted by Crippen LogP contribution is -2.31. The molecule has 0 spiro atoms. The number of hydrogen-bond donors (Lipinski definition) is 2. The first-order chi connectivity index (χ1) is 14.7. The van der Waals surface area contributed by atoms with Gasteiger partial charge >= 0.3 is 0 Å². The second-order valence-electron chi connectivity index (χ2n) is 7.56. The van der Waals surface area contributed by atoms with Crippen LogP contribution in [0, 0.1) is 0 Å². The van der Waals surface area contributed by atoms with E-state index in [0.717, 1.165) is 43.8 Å². The first kappa shape index (κ1) is 21.7. The molecule has 0 aromatic heterocycles. The van der Waals surface area contributed by atoms with Crippen LogP contribution in [0.3, 0.4) is 0 Å². The minimum absolute atomic E-state index is 0.0709. The quantitative estimate of drug-likeness (QED) is 0.671. The summed E-state index contributed by atoms with van der Waals surface area (Å²) >= 11 is 0. The molecule has 160 valence electrons. The molecule has 1 heterocycles. The third kappa shape index (κ3) is 6.51. The molecule has 2 amide bonds. The van der Waals surface area contributed by atoms with Gasteiger partial charge in [0.2, 0.25) is 5.91 Å². The average molecular weight is 410 g/mol. The Kier molecular flexibility index (Phi) is 8.12. The fraction of sp³-hybridized carbons (Fsp3) is 0.417. The van der Waals surface area contributed by atoms with Crippen molar-refractivity contribution in [2.75, 3.05) is 36.9 Å². The van der Waals surface area contributed by atoms with Crippen LogP contribution in [0.25, 0.3) is 0 Å². The van der Waals surface area contributed by atoms with Gasteiger partial charge in [-0.3, -0.25) is 9.59 Å². The summed E-state index contributed by atoms with van der Waals surface area (Å²) in [7, 11) is 0. The van der Waals surface area contributed by atoms with E-state index in [1.807, 2.05) is 29.2 Å². The fourth-order valence-corrected chi connectivity index (χ4v) is 3.46. The fourth-order valence-electron chi connectivity index (χ4n) is 3.46. The van der Waals surface area contributed by atoms with Crippen molar-refractivity contribution in [3.63, 3.8) is 0 Å². The van der Waals surface area contributed by atoms with Crippen molar-refractivity contribution < 1.29 is 14.3 Å². The van der Waals surface area contributed by atoms with Crippen molar-refractivity contribution in [1.29, 1.82) is 0 Å². The Hall–Kier alpha value is -3.02. The molecule has 30 heavy (non-hydrogen) atoms. The molecule has 1 saturated heterocycles. The third-order valence-corrected chi connectivity index (χ3v) is 5.07. The number of hydrogen-bond acceptors (Lipinski definition) is 4. The highest BCUT2D eigenvalue weighted by Crippen LogP contribution is 2.18. The van der Waals surface area contributed by atoms with Gasteiger partial charge in [-0.2, -0.15) is 0 Å². The summed E-state index contributed by atoms with van der Waals surface area (Å²) in [6, 6.07) is 14.7. The summed E-state index contributed by atoms with van der Waals surface area (Å²) in [4.78, 5) is 26.9. The highest BCUT2D eigenvalue weighted by atomic mass is 16.5. The first-order valence-corrected chi connectivity index (χ1v) is 10.8. The van der Waals surface area contributed by atoms with Gasteiger partial charge in [0.1, 0.15) is 5.75 Å². The van der Waals surface area contributed by atoms with E-state index >= 15 is 0 Å². The molecule has 2 aromatic carbocycles. The second-order valence-corrected chi connectivity index (χ2v) is 7.56. The summed E-state index contributed by atoms with van der Waals surface area (Å²) < 4.78 is 5.61. The van der Waals surface area contributed by atoms with Crippen molar-refractivity contribution in [1.82, 2.24) is 4.90 Å². The van der Waals surface area contributed by atoms with Crippen molar-refractivity contribution in [3.8, 4) is 5.75 Å². The summed E-state index contributed by atoms with van der Waals surface area (Å²) in [6.45, 7) is 4.52. The van der Waals surface area contributed by atoms with Crippen LogP contribution in [-0.4, -0.2) is 43.0 Å². The summed E-state index contributed by atoms with van der Waals surface area (Å²) in [6.07, 6.45) is 5.47. The van der Waals surface area contributed by atoms with Crippen LogP contribution in [0.15, 0.2) is 48.5 Å². The SMILES string of the molecule is CCCOc1cccc(NCC(=O)Nc2ccc(C(=O)N3CCCCCC3)cc2)c1. The van der Waals surface area contributed by atoms with Crippen molar-refractivity contribution in [3.05, 3.63) is 54.1 Å². The smallest absolute Gasteiger partial charge is 0.253 e. The zero-order chi connectivity index (χ0) is 21.2. The van der Waals surface area contributed by atoms with E-state index in [1.165, 1.54) is 12.8 Å². The Balaban J connectivity index is 1.49. The maximum absolute atomic E-state index is 12.7. The summed E-state index contributed by atoms with van der Waals surface area (Å²) in [5, 5.41) is 5.97. The molecular formula is C24H31N3O3. The normalized spacial score (nSPS) is 14.0. The number of carbonyl (C=O) groups excluding carboxylic acids is 2. The summed E-state index contributed by atoms with van der Waals surface area (Å²) in [5.74, 6) is 0.704. The lowest BCUT2D eigenvalue weighted by atomic mass is 10.1. The maximum Gasteiger partial charge on any atom is 0.253 e. The van der Waals surface area contributed by atoms with Crippen LogP contribution >= 0.6 is 0 Å². The number of anilines is 2. The number of likely N-dealkylation sites (tertiary alicyclic amines) is 1. The number of benzene rings is 2. The van der Waals surface area contributed by atoms with E-state index in [-0.39, 0.29) is 18.4 Å². The molecule has 6 nitrogen and oxygen atoms in total. The zero-order valence-corrected chi connectivity index (χ0v) is 17.7. The van der Waals surface area contributed by atoms with E-state index in [0.29, 0.717) is 17.9 Å². The van der Waals surface area contributed by atoms with E-state index in [1.54, 1.807) is 24.3 Å². The van der Waals surface area contributed by atoms with Gasteiger partial charge in [0.15, 0.2) is 0 Å². The number of amides is 2. The predicted molar refractivity (Wildman–Crippen MR) is 120 cm³/mol. The minimum atomic E-state index is -0.151. The van der Waals surface area contributed by atoms with Crippen molar-refractivity contribution in [2.45, 2.75) is 39.0 Å². The van der Waals surface area contributed by atoms with Crippen LogP contribution in [0.4, 0.5) is 11.4 Å². The molecule has 0 atom stereocenters. The molecule has 3 rings (SSSR count). The van der Waals surface area contributed by atoms with Gasteiger partial charge in [0.05, 0.1) is 13.2 Å². The topological polar surface area (TPSA) is 70.7 Å². The number of ether oxygens (including phenoxy) is 1. The van der Waals surface area contributed by atoms with Crippen LogP contribution in [-0.2, 0) is 4.79 Å². The highest BCUT2D eigenvalue weighted by molar-refractivity contribution is 5.96. The number of nitrogens with one attached hydrogen (secondary N) is 2. The molecule has 0 bridgehead atoms. The molecule has 0 radical (unpaired) electrons. The Morgan fingerprint density at radius 1 is 0.967 bits per heavy atom. The van der Waals surface area contributed by atoms with Crippen LogP contribution < -0.4 is 15.4 Å². The highest BCUT2D eigenvalue weighted by Gasteiger charge is 2.17. The lowest BCUT2D eigenvalue weighted by Gasteiger charge is -2.20. The molecule has 2 aromatic rings. The Morgan fingerprint density at radius 2 is 1.70 bits per heavy atom. The molecule has 1 aliphatic heterocycles. The Morgan fingerprint density at radius 3 is 2.40 bits per heavy atom. The molecule has 1 fully saturated rings. The van der Waals surface area contributed by atoms with E-state index in [4.69, 9.17) is 4.74 Å².